The van der Waals surface area contributed by atoms with Gasteiger partial charge < -0.3 is 10.4 Å². The molecule has 3 nitrogen and oxygen atoms in total. The van der Waals surface area contributed by atoms with Gasteiger partial charge in [0.1, 0.15) is 5.82 Å². The molecule has 0 aromatic carbocycles. The molecule has 1 heterocycles. The molecular formula is C14H20Br2N2O. The van der Waals surface area contributed by atoms with Gasteiger partial charge in [0.05, 0.1) is 10.1 Å². The molecule has 1 saturated carbocycles. The molecule has 0 aliphatic heterocycles. The summed E-state index contributed by atoms with van der Waals surface area (Å²) in [7, 11) is 0. The Morgan fingerprint density at radius 1 is 1.42 bits per heavy atom. The minimum absolute atomic E-state index is 0.566. The zero-order valence-electron chi connectivity index (χ0n) is 11.1. The van der Waals surface area contributed by atoms with E-state index in [9.17, 15) is 5.11 Å². The predicted octanol–water partition coefficient (Wildman–Crippen LogP) is 4.35. The van der Waals surface area contributed by atoms with Crippen molar-refractivity contribution in [1.29, 1.82) is 0 Å². The minimum Gasteiger partial charge on any atom is -0.388 e. The smallest absolute Gasteiger partial charge is 0.140 e. The van der Waals surface area contributed by atoms with Crippen LogP contribution in [0.2, 0.25) is 0 Å². The van der Waals surface area contributed by atoms with Crippen LogP contribution in [0.5, 0.6) is 0 Å². The first-order valence-electron chi connectivity index (χ1n) is 6.80. The average Bonchev–Trinajstić information content (AvgIpc) is 2.39. The van der Waals surface area contributed by atoms with Gasteiger partial charge in [0, 0.05) is 17.2 Å². The second kappa shape index (κ2) is 6.55. The van der Waals surface area contributed by atoms with E-state index in [4.69, 9.17) is 0 Å². The van der Waals surface area contributed by atoms with Gasteiger partial charge >= 0.3 is 0 Å². The van der Waals surface area contributed by atoms with Crippen molar-refractivity contribution in [1.82, 2.24) is 4.98 Å². The van der Waals surface area contributed by atoms with Crippen molar-refractivity contribution in [2.24, 2.45) is 5.92 Å². The van der Waals surface area contributed by atoms with Crippen LogP contribution in [0.25, 0.3) is 0 Å². The molecule has 5 heteroatoms. The second-order valence-corrected chi connectivity index (χ2v) is 7.18. The molecule has 1 fully saturated rings. The van der Waals surface area contributed by atoms with Crippen LogP contribution in [-0.4, -0.2) is 22.2 Å². The number of rotatable bonds is 4. The first-order valence-corrected chi connectivity index (χ1v) is 8.38. The second-order valence-electron chi connectivity index (χ2n) is 5.41. The Morgan fingerprint density at radius 3 is 2.68 bits per heavy atom. The number of hydrogen-bond acceptors (Lipinski definition) is 3. The van der Waals surface area contributed by atoms with E-state index >= 15 is 0 Å². The van der Waals surface area contributed by atoms with E-state index in [1.807, 2.05) is 6.07 Å². The average molecular weight is 392 g/mol. The zero-order chi connectivity index (χ0) is 13.9. The molecule has 1 aliphatic carbocycles. The van der Waals surface area contributed by atoms with E-state index in [0.717, 1.165) is 46.4 Å². The van der Waals surface area contributed by atoms with Gasteiger partial charge in [0.2, 0.25) is 0 Å². The molecule has 1 aromatic rings. The molecule has 0 amide bonds. The number of nitrogens with one attached hydrogen (secondary N) is 1. The molecule has 2 N–H and O–H groups in total. The molecule has 1 aromatic heterocycles. The van der Waals surface area contributed by atoms with Crippen LogP contribution in [0, 0.1) is 5.92 Å². The van der Waals surface area contributed by atoms with E-state index in [-0.39, 0.29) is 0 Å². The number of anilines is 1. The summed E-state index contributed by atoms with van der Waals surface area (Å²) in [4.78, 5) is 4.31. The van der Waals surface area contributed by atoms with Gasteiger partial charge in [-0.3, -0.25) is 0 Å². The normalized spacial score (nSPS) is 27.3. The largest absolute Gasteiger partial charge is 0.388 e. The number of aromatic nitrogens is 1. The van der Waals surface area contributed by atoms with Gasteiger partial charge in [0.25, 0.3) is 0 Å². The zero-order valence-corrected chi connectivity index (χ0v) is 14.3. The summed E-state index contributed by atoms with van der Waals surface area (Å²) >= 11 is 6.85. The van der Waals surface area contributed by atoms with Crippen molar-refractivity contribution < 1.29 is 5.11 Å². The van der Waals surface area contributed by atoms with Crippen LogP contribution >= 0.6 is 31.9 Å². The maximum absolute atomic E-state index is 10.6. The molecule has 1 aliphatic rings. The van der Waals surface area contributed by atoms with Crippen LogP contribution < -0.4 is 5.32 Å². The van der Waals surface area contributed by atoms with E-state index in [1.165, 1.54) is 6.42 Å². The van der Waals surface area contributed by atoms with Crippen LogP contribution in [-0.2, 0) is 0 Å². The lowest BCUT2D eigenvalue weighted by molar-refractivity contribution is 0.00222. The fourth-order valence-corrected chi connectivity index (χ4v) is 3.72. The van der Waals surface area contributed by atoms with E-state index < -0.39 is 5.60 Å². The standard InChI is InChI=1S/C14H20Br2N2O/c1-2-10-3-5-14(19,6-4-10)9-18-13-12(16)7-11(15)8-17-13/h7-8,10,19H,2-6,9H2,1H3,(H,17,18). The summed E-state index contributed by atoms with van der Waals surface area (Å²) in [6.07, 6.45) is 7.00. The summed E-state index contributed by atoms with van der Waals surface area (Å²) in [6.45, 7) is 2.80. The number of pyridine rings is 1. The van der Waals surface area contributed by atoms with Crippen LogP contribution in [0.15, 0.2) is 21.2 Å². The van der Waals surface area contributed by atoms with Crippen molar-refractivity contribution in [3.8, 4) is 0 Å². The Bertz CT molecular complexity index is 431. The highest BCUT2D eigenvalue weighted by molar-refractivity contribution is 9.11. The Hall–Kier alpha value is -0.130. The van der Waals surface area contributed by atoms with Crippen LogP contribution in [0.1, 0.15) is 39.0 Å². The molecule has 0 radical (unpaired) electrons. The summed E-state index contributed by atoms with van der Waals surface area (Å²) in [5.74, 6) is 1.58. The van der Waals surface area contributed by atoms with Crippen molar-refractivity contribution in [3.63, 3.8) is 0 Å². The van der Waals surface area contributed by atoms with Crippen molar-refractivity contribution in [2.75, 3.05) is 11.9 Å². The van der Waals surface area contributed by atoms with Crippen molar-refractivity contribution >= 4 is 37.7 Å². The fourth-order valence-electron chi connectivity index (χ4n) is 2.59. The highest BCUT2D eigenvalue weighted by Crippen LogP contribution is 2.34. The summed E-state index contributed by atoms with van der Waals surface area (Å²) < 4.78 is 1.85. The Morgan fingerprint density at radius 2 is 2.11 bits per heavy atom. The van der Waals surface area contributed by atoms with Crippen molar-refractivity contribution in [3.05, 3.63) is 21.2 Å². The molecule has 0 atom stereocenters. The highest BCUT2D eigenvalue weighted by Gasteiger charge is 2.32. The SMILES string of the molecule is CCC1CCC(O)(CNc2ncc(Br)cc2Br)CC1. The van der Waals surface area contributed by atoms with Crippen LogP contribution in [0.4, 0.5) is 5.82 Å². The third-order valence-electron chi connectivity index (χ3n) is 4.01. The fraction of sp³-hybridized carbons (Fsp3) is 0.643. The minimum atomic E-state index is -0.583. The van der Waals surface area contributed by atoms with Gasteiger partial charge in [-0.05, 0) is 69.5 Å². The van der Waals surface area contributed by atoms with Crippen molar-refractivity contribution in [2.45, 2.75) is 44.6 Å². The third-order valence-corrected chi connectivity index (χ3v) is 5.04. The Labute approximate surface area is 131 Å². The van der Waals surface area contributed by atoms with Gasteiger partial charge in [0.15, 0.2) is 0 Å². The number of aliphatic hydroxyl groups is 1. The molecule has 0 saturated heterocycles. The molecule has 0 unspecified atom stereocenters. The summed E-state index contributed by atoms with van der Waals surface area (Å²) in [5.41, 5.74) is -0.583. The first-order chi connectivity index (χ1) is 9.02. The van der Waals surface area contributed by atoms with Gasteiger partial charge in [-0.25, -0.2) is 4.98 Å². The molecule has 0 spiro atoms. The van der Waals surface area contributed by atoms with E-state index in [0.29, 0.717) is 6.54 Å². The highest BCUT2D eigenvalue weighted by atomic mass is 79.9. The summed E-state index contributed by atoms with van der Waals surface area (Å²) in [6, 6.07) is 1.95. The lowest BCUT2D eigenvalue weighted by Crippen LogP contribution is -2.40. The molecule has 19 heavy (non-hydrogen) atoms. The molecule has 106 valence electrons. The lowest BCUT2D eigenvalue weighted by atomic mass is 9.78. The molecular weight excluding hydrogens is 372 g/mol. The Kier molecular flexibility index (Phi) is 5.26. The molecule has 0 bridgehead atoms. The maximum atomic E-state index is 10.6. The van der Waals surface area contributed by atoms with Gasteiger partial charge in [-0.2, -0.15) is 0 Å². The number of hydrogen-bond donors (Lipinski definition) is 2. The van der Waals surface area contributed by atoms with E-state index in [2.05, 4.69) is 49.1 Å². The van der Waals surface area contributed by atoms with Crippen LogP contribution in [0.3, 0.4) is 0 Å². The topological polar surface area (TPSA) is 45.1 Å². The number of nitrogens with zero attached hydrogens (tertiary/aromatic N) is 1. The molecule has 2 rings (SSSR count). The Balaban J connectivity index is 1.91. The summed E-state index contributed by atoms with van der Waals surface area (Å²) in [5, 5.41) is 13.8. The van der Waals surface area contributed by atoms with Gasteiger partial charge in [-0.1, -0.05) is 13.3 Å². The lowest BCUT2D eigenvalue weighted by Gasteiger charge is -2.36. The van der Waals surface area contributed by atoms with Gasteiger partial charge in [-0.15, -0.1) is 0 Å². The maximum Gasteiger partial charge on any atom is 0.140 e. The predicted molar refractivity (Wildman–Crippen MR) is 85.3 cm³/mol. The van der Waals surface area contributed by atoms with E-state index in [1.54, 1.807) is 6.20 Å². The third kappa shape index (κ3) is 4.17. The monoisotopic (exact) mass is 390 g/mol. The first kappa shape index (κ1) is 15.3. The quantitative estimate of drug-likeness (QED) is 0.801. The number of halogens is 2.